The first kappa shape index (κ1) is 18.2. The summed E-state index contributed by atoms with van der Waals surface area (Å²) < 4.78 is 12.1. The minimum Gasteiger partial charge on any atom is -0.493 e. The van der Waals surface area contributed by atoms with Gasteiger partial charge in [-0.15, -0.1) is 0 Å². The molecule has 0 atom stereocenters. The molecule has 1 amide bonds. The third-order valence-corrected chi connectivity index (χ3v) is 6.28. The number of amides is 1. The fourth-order valence-electron chi connectivity index (χ4n) is 4.78. The molecule has 0 saturated carbocycles. The highest BCUT2D eigenvalue weighted by molar-refractivity contribution is 6.09. The number of ether oxygens (including phenoxy) is 2. The number of likely N-dealkylation sites (tertiary alicyclic amines) is 1. The summed E-state index contributed by atoms with van der Waals surface area (Å²) in [6.45, 7) is 4.52. The Bertz CT molecular complexity index is 1070. The van der Waals surface area contributed by atoms with E-state index in [2.05, 4.69) is 24.3 Å². The SMILES string of the molecule is CCOc1ccc2ccccc2c1C(=O)N1CCC2(CC1)OCc1ccccc12. The topological polar surface area (TPSA) is 38.8 Å². The van der Waals surface area contributed by atoms with E-state index in [1.807, 2.05) is 48.2 Å². The van der Waals surface area contributed by atoms with E-state index in [0.29, 0.717) is 37.6 Å². The number of piperidine rings is 1. The molecule has 0 aromatic heterocycles. The second-order valence-electron chi connectivity index (χ2n) is 7.83. The van der Waals surface area contributed by atoms with E-state index >= 15 is 0 Å². The van der Waals surface area contributed by atoms with Crippen LogP contribution < -0.4 is 4.74 Å². The van der Waals surface area contributed by atoms with Gasteiger partial charge in [-0.3, -0.25) is 4.79 Å². The van der Waals surface area contributed by atoms with Gasteiger partial charge in [0, 0.05) is 13.1 Å². The van der Waals surface area contributed by atoms with Crippen LogP contribution in [0.4, 0.5) is 0 Å². The Hall–Kier alpha value is -2.85. The summed E-state index contributed by atoms with van der Waals surface area (Å²) in [7, 11) is 0. The molecular formula is C25H25NO3. The number of carbonyl (C=O) groups is 1. The monoisotopic (exact) mass is 387 g/mol. The van der Waals surface area contributed by atoms with Crippen LogP contribution in [0.15, 0.2) is 60.7 Å². The number of hydrogen-bond donors (Lipinski definition) is 0. The first-order chi connectivity index (χ1) is 14.2. The van der Waals surface area contributed by atoms with Crippen LogP contribution in [0.2, 0.25) is 0 Å². The molecule has 0 unspecified atom stereocenters. The van der Waals surface area contributed by atoms with Gasteiger partial charge >= 0.3 is 0 Å². The second kappa shape index (κ2) is 7.20. The van der Waals surface area contributed by atoms with E-state index in [4.69, 9.17) is 9.47 Å². The summed E-state index contributed by atoms with van der Waals surface area (Å²) in [6.07, 6.45) is 1.65. The molecule has 0 aliphatic carbocycles. The fraction of sp³-hybridized carbons (Fsp3) is 0.320. The van der Waals surface area contributed by atoms with Crippen LogP contribution in [0.1, 0.15) is 41.3 Å². The molecule has 5 rings (SSSR count). The van der Waals surface area contributed by atoms with E-state index in [1.165, 1.54) is 11.1 Å². The molecule has 4 nitrogen and oxygen atoms in total. The molecule has 1 spiro atoms. The average Bonchev–Trinajstić information content (AvgIpc) is 3.12. The summed E-state index contributed by atoms with van der Waals surface area (Å²) in [5.74, 6) is 0.713. The lowest BCUT2D eigenvalue weighted by Crippen LogP contribution is -2.45. The number of benzene rings is 3. The van der Waals surface area contributed by atoms with Crippen LogP contribution in [0.25, 0.3) is 10.8 Å². The third kappa shape index (κ3) is 2.99. The van der Waals surface area contributed by atoms with Gasteiger partial charge in [0.05, 0.1) is 24.4 Å². The van der Waals surface area contributed by atoms with Crippen molar-refractivity contribution in [3.63, 3.8) is 0 Å². The van der Waals surface area contributed by atoms with Crippen molar-refractivity contribution in [1.29, 1.82) is 0 Å². The van der Waals surface area contributed by atoms with Crippen molar-refractivity contribution in [3.8, 4) is 5.75 Å². The molecule has 1 fully saturated rings. The zero-order chi connectivity index (χ0) is 19.8. The minimum absolute atomic E-state index is 0.0476. The molecule has 2 aliphatic rings. The number of carbonyl (C=O) groups excluding carboxylic acids is 1. The highest BCUT2D eigenvalue weighted by Crippen LogP contribution is 2.44. The van der Waals surface area contributed by atoms with Crippen LogP contribution in [-0.2, 0) is 16.9 Å². The van der Waals surface area contributed by atoms with Crippen LogP contribution in [0.3, 0.4) is 0 Å². The van der Waals surface area contributed by atoms with Gasteiger partial charge in [-0.1, -0.05) is 54.6 Å². The maximum Gasteiger partial charge on any atom is 0.258 e. The average molecular weight is 387 g/mol. The van der Waals surface area contributed by atoms with Gasteiger partial charge in [0.1, 0.15) is 5.75 Å². The maximum atomic E-state index is 13.6. The van der Waals surface area contributed by atoms with Gasteiger partial charge in [0.15, 0.2) is 0 Å². The van der Waals surface area contributed by atoms with Crippen LogP contribution >= 0.6 is 0 Å². The Kier molecular flexibility index (Phi) is 4.51. The molecule has 3 aromatic rings. The lowest BCUT2D eigenvalue weighted by Gasteiger charge is -2.39. The molecule has 0 radical (unpaired) electrons. The van der Waals surface area contributed by atoms with Crippen molar-refractivity contribution >= 4 is 16.7 Å². The van der Waals surface area contributed by atoms with Crippen LogP contribution in [0, 0.1) is 0 Å². The zero-order valence-corrected chi connectivity index (χ0v) is 16.7. The Labute approximate surface area is 171 Å². The molecular weight excluding hydrogens is 362 g/mol. The molecule has 2 heterocycles. The lowest BCUT2D eigenvalue weighted by molar-refractivity contribution is -0.0741. The van der Waals surface area contributed by atoms with Gasteiger partial charge in [0.25, 0.3) is 5.91 Å². The van der Waals surface area contributed by atoms with Gasteiger partial charge in [-0.25, -0.2) is 0 Å². The van der Waals surface area contributed by atoms with Gasteiger partial charge in [0.2, 0.25) is 0 Å². The number of fused-ring (bicyclic) bond motifs is 3. The minimum atomic E-state index is -0.241. The first-order valence-electron chi connectivity index (χ1n) is 10.4. The Morgan fingerprint density at radius 1 is 1.03 bits per heavy atom. The quantitative estimate of drug-likeness (QED) is 0.642. The molecule has 2 aliphatic heterocycles. The molecule has 29 heavy (non-hydrogen) atoms. The summed E-state index contributed by atoms with van der Waals surface area (Å²) in [6, 6.07) is 20.4. The van der Waals surface area contributed by atoms with Gasteiger partial charge in [-0.2, -0.15) is 0 Å². The lowest BCUT2D eigenvalue weighted by atomic mass is 9.83. The van der Waals surface area contributed by atoms with Crippen molar-refractivity contribution in [3.05, 3.63) is 77.4 Å². The number of rotatable bonds is 3. The van der Waals surface area contributed by atoms with E-state index in [9.17, 15) is 4.79 Å². The number of hydrogen-bond acceptors (Lipinski definition) is 3. The summed E-state index contributed by atoms with van der Waals surface area (Å²) in [5, 5.41) is 2.01. The Morgan fingerprint density at radius 2 is 1.79 bits per heavy atom. The first-order valence-corrected chi connectivity index (χ1v) is 10.4. The highest BCUT2D eigenvalue weighted by atomic mass is 16.5. The second-order valence-corrected chi connectivity index (χ2v) is 7.83. The zero-order valence-electron chi connectivity index (χ0n) is 16.7. The van der Waals surface area contributed by atoms with Crippen molar-refractivity contribution < 1.29 is 14.3 Å². The fourth-order valence-corrected chi connectivity index (χ4v) is 4.78. The smallest absolute Gasteiger partial charge is 0.258 e. The Balaban J connectivity index is 1.44. The Morgan fingerprint density at radius 3 is 2.62 bits per heavy atom. The van der Waals surface area contributed by atoms with Crippen LogP contribution in [0.5, 0.6) is 5.75 Å². The van der Waals surface area contributed by atoms with Crippen molar-refractivity contribution in [2.24, 2.45) is 0 Å². The highest BCUT2D eigenvalue weighted by Gasteiger charge is 2.43. The largest absolute Gasteiger partial charge is 0.493 e. The molecule has 4 heteroatoms. The molecule has 3 aromatic carbocycles. The molecule has 0 N–H and O–H groups in total. The van der Waals surface area contributed by atoms with E-state index in [1.54, 1.807) is 0 Å². The summed E-state index contributed by atoms with van der Waals surface area (Å²) in [4.78, 5) is 15.5. The summed E-state index contributed by atoms with van der Waals surface area (Å²) >= 11 is 0. The number of nitrogens with zero attached hydrogens (tertiary/aromatic N) is 1. The predicted molar refractivity (Wildman–Crippen MR) is 113 cm³/mol. The molecule has 148 valence electrons. The summed E-state index contributed by atoms with van der Waals surface area (Å²) in [5.41, 5.74) is 3.01. The van der Waals surface area contributed by atoms with E-state index in [-0.39, 0.29) is 11.5 Å². The van der Waals surface area contributed by atoms with E-state index in [0.717, 1.165) is 23.6 Å². The van der Waals surface area contributed by atoms with Crippen LogP contribution in [-0.4, -0.2) is 30.5 Å². The van der Waals surface area contributed by atoms with Gasteiger partial charge in [-0.05, 0) is 47.7 Å². The predicted octanol–water partition coefficient (Wildman–Crippen LogP) is 4.90. The van der Waals surface area contributed by atoms with E-state index < -0.39 is 0 Å². The normalized spacial score (nSPS) is 17.5. The van der Waals surface area contributed by atoms with Gasteiger partial charge < -0.3 is 14.4 Å². The molecule has 1 saturated heterocycles. The third-order valence-electron chi connectivity index (χ3n) is 6.28. The van der Waals surface area contributed by atoms with Crippen molar-refractivity contribution in [2.45, 2.75) is 32.0 Å². The standard InChI is InChI=1S/C25H25NO3/c1-2-28-22-12-11-18-7-3-5-9-20(18)23(22)24(27)26-15-13-25(14-16-26)21-10-6-4-8-19(21)17-29-25/h3-12H,2,13-17H2,1H3. The molecule has 0 bridgehead atoms. The maximum absolute atomic E-state index is 13.6. The van der Waals surface area contributed by atoms with Crippen molar-refractivity contribution in [2.75, 3.05) is 19.7 Å². The van der Waals surface area contributed by atoms with Crippen molar-refractivity contribution in [1.82, 2.24) is 4.90 Å².